The molecule has 0 saturated heterocycles. The summed E-state index contributed by atoms with van der Waals surface area (Å²) >= 11 is 0. The standard InChI is InChI=1S/C19H17NO2/c1-11-5-4-8-15-16(11)17(18(20-15)19(21)22)14-10-9-12-6-2-3-7-13(12)14/h2-8,14,20H,9-10H2,1H3,(H,21,22). The molecular formula is C19H17NO2. The Morgan fingerprint density at radius 1 is 1.18 bits per heavy atom. The number of hydrogen-bond donors (Lipinski definition) is 2. The zero-order valence-electron chi connectivity index (χ0n) is 12.4. The number of benzene rings is 2. The van der Waals surface area contributed by atoms with Gasteiger partial charge in [0.25, 0.3) is 0 Å². The molecule has 0 fully saturated rings. The Morgan fingerprint density at radius 3 is 2.82 bits per heavy atom. The molecule has 1 aliphatic rings. The summed E-state index contributed by atoms with van der Waals surface area (Å²) in [7, 11) is 0. The maximum Gasteiger partial charge on any atom is 0.352 e. The molecule has 0 amide bonds. The molecule has 2 aromatic carbocycles. The molecule has 1 aromatic heterocycles. The number of fused-ring (bicyclic) bond motifs is 2. The van der Waals surface area contributed by atoms with Gasteiger partial charge in [0.1, 0.15) is 5.69 Å². The van der Waals surface area contributed by atoms with Gasteiger partial charge in [-0.25, -0.2) is 4.79 Å². The van der Waals surface area contributed by atoms with Crippen molar-refractivity contribution in [2.45, 2.75) is 25.7 Å². The molecule has 3 nitrogen and oxygen atoms in total. The quantitative estimate of drug-likeness (QED) is 0.741. The second kappa shape index (κ2) is 4.73. The molecule has 1 unspecified atom stereocenters. The molecule has 2 N–H and O–H groups in total. The SMILES string of the molecule is Cc1cccc2[nH]c(C(=O)O)c(C3CCc4ccccc43)c12. The van der Waals surface area contributed by atoms with Crippen molar-refractivity contribution in [1.29, 1.82) is 0 Å². The van der Waals surface area contributed by atoms with Crippen molar-refractivity contribution in [2.24, 2.45) is 0 Å². The number of nitrogens with one attached hydrogen (secondary N) is 1. The summed E-state index contributed by atoms with van der Waals surface area (Å²) in [6.07, 6.45) is 1.99. The molecule has 110 valence electrons. The van der Waals surface area contributed by atoms with Gasteiger partial charge in [-0.1, -0.05) is 36.4 Å². The molecule has 0 spiro atoms. The molecule has 0 aliphatic heterocycles. The molecule has 0 bridgehead atoms. The highest BCUT2D eigenvalue weighted by Crippen LogP contribution is 2.43. The van der Waals surface area contributed by atoms with Crippen molar-refractivity contribution < 1.29 is 9.90 Å². The predicted molar refractivity (Wildman–Crippen MR) is 86.6 cm³/mol. The molecule has 22 heavy (non-hydrogen) atoms. The van der Waals surface area contributed by atoms with Crippen LogP contribution in [0.3, 0.4) is 0 Å². The zero-order valence-corrected chi connectivity index (χ0v) is 12.4. The minimum absolute atomic E-state index is 0.164. The molecule has 4 rings (SSSR count). The van der Waals surface area contributed by atoms with Crippen LogP contribution >= 0.6 is 0 Å². The van der Waals surface area contributed by atoms with Gasteiger partial charge in [0.15, 0.2) is 0 Å². The Bertz CT molecular complexity index is 892. The summed E-state index contributed by atoms with van der Waals surface area (Å²) in [6, 6.07) is 14.4. The van der Waals surface area contributed by atoms with Gasteiger partial charge in [-0.3, -0.25) is 0 Å². The van der Waals surface area contributed by atoms with Crippen molar-refractivity contribution in [1.82, 2.24) is 4.98 Å². The molecule has 3 aromatic rings. The summed E-state index contributed by atoms with van der Waals surface area (Å²) < 4.78 is 0. The summed E-state index contributed by atoms with van der Waals surface area (Å²) in [5.74, 6) is -0.716. The van der Waals surface area contributed by atoms with Crippen molar-refractivity contribution in [3.05, 3.63) is 70.4 Å². The van der Waals surface area contributed by atoms with E-state index in [0.717, 1.165) is 34.9 Å². The van der Waals surface area contributed by atoms with Gasteiger partial charge in [-0.15, -0.1) is 0 Å². The van der Waals surface area contributed by atoms with Crippen LogP contribution in [0.5, 0.6) is 0 Å². The highest BCUT2D eigenvalue weighted by molar-refractivity contribution is 5.99. The van der Waals surface area contributed by atoms with Crippen LogP contribution in [0.4, 0.5) is 0 Å². The largest absolute Gasteiger partial charge is 0.477 e. The van der Waals surface area contributed by atoms with E-state index >= 15 is 0 Å². The number of aryl methyl sites for hydroxylation is 2. The smallest absolute Gasteiger partial charge is 0.352 e. The first-order valence-corrected chi connectivity index (χ1v) is 7.59. The van der Waals surface area contributed by atoms with Crippen LogP contribution in [0, 0.1) is 6.92 Å². The lowest BCUT2D eigenvalue weighted by atomic mass is 9.89. The van der Waals surface area contributed by atoms with E-state index in [1.165, 1.54) is 11.1 Å². The number of rotatable bonds is 2. The molecule has 0 saturated carbocycles. The normalized spacial score (nSPS) is 16.9. The summed E-state index contributed by atoms with van der Waals surface area (Å²) in [6.45, 7) is 2.05. The minimum Gasteiger partial charge on any atom is -0.477 e. The van der Waals surface area contributed by atoms with E-state index in [1.54, 1.807) is 0 Å². The first-order valence-electron chi connectivity index (χ1n) is 7.59. The fraction of sp³-hybridized carbons (Fsp3) is 0.211. The van der Waals surface area contributed by atoms with Crippen molar-refractivity contribution in [3.63, 3.8) is 0 Å². The van der Waals surface area contributed by atoms with Gasteiger partial charge in [0.05, 0.1) is 0 Å². The predicted octanol–water partition coefficient (Wildman–Crippen LogP) is 4.25. The number of aromatic carboxylic acids is 1. The van der Waals surface area contributed by atoms with E-state index in [1.807, 2.05) is 31.2 Å². The van der Waals surface area contributed by atoms with Crippen LogP contribution in [-0.4, -0.2) is 16.1 Å². The minimum atomic E-state index is -0.880. The molecular weight excluding hydrogens is 274 g/mol. The van der Waals surface area contributed by atoms with E-state index in [-0.39, 0.29) is 5.92 Å². The first kappa shape index (κ1) is 13.1. The summed E-state index contributed by atoms with van der Waals surface area (Å²) in [5, 5.41) is 10.7. The number of aromatic amines is 1. The lowest BCUT2D eigenvalue weighted by Crippen LogP contribution is -2.06. The maximum absolute atomic E-state index is 11.7. The number of H-pyrrole nitrogens is 1. The fourth-order valence-corrected chi connectivity index (χ4v) is 3.83. The lowest BCUT2D eigenvalue weighted by molar-refractivity contribution is 0.0690. The van der Waals surface area contributed by atoms with Crippen LogP contribution in [-0.2, 0) is 6.42 Å². The van der Waals surface area contributed by atoms with E-state index in [2.05, 4.69) is 23.2 Å². The third kappa shape index (κ3) is 1.78. The molecule has 3 heteroatoms. The van der Waals surface area contributed by atoms with Crippen molar-refractivity contribution >= 4 is 16.9 Å². The van der Waals surface area contributed by atoms with Crippen LogP contribution in [0.15, 0.2) is 42.5 Å². The van der Waals surface area contributed by atoms with Crippen LogP contribution < -0.4 is 0 Å². The van der Waals surface area contributed by atoms with E-state index in [0.29, 0.717) is 5.69 Å². The van der Waals surface area contributed by atoms with Crippen molar-refractivity contribution in [3.8, 4) is 0 Å². The third-order valence-electron chi connectivity index (χ3n) is 4.77. The van der Waals surface area contributed by atoms with Gasteiger partial charge >= 0.3 is 5.97 Å². The number of hydrogen-bond acceptors (Lipinski definition) is 1. The lowest BCUT2D eigenvalue weighted by Gasteiger charge is -2.13. The van der Waals surface area contributed by atoms with Crippen LogP contribution in [0.2, 0.25) is 0 Å². The molecule has 1 heterocycles. The van der Waals surface area contributed by atoms with Crippen LogP contribution in [0.25, 0.3) is 10.9 Å². The Morgan fingerprint density at radius 2 is 2.00 bits per heavy atom. The second-order valence-electron chi connectivity index (χ2n) is 6.01. The molecule has 1 aliphatic carbocycles. The van der Waals surface area contributed by atoms with E-state index in [4.69, 9.17) is 0 Å². The van der Waals surface area contributed by atoms with Crippen molar-refractivity contribution in [2.75, 3.05) is 0 Å². The van der Waals surface area contributed by atoms with Gasteiger partial charge in [0, 0.05) is 22.4 Å². The van der Waals surface area contributed by atoms with Gasteiger partial charge in [0.2, 0.25) is 0 Å². The number of carboxylic acids is 1. The van der Waals surface area contributed by atoms with Crippen LogP contribution in [0.1, 0.15) is 45.1 Å². The highest BCUT2D eigenvalue weighted by atomic mass is 16.4. The van der Waals surface area contributed by atoms with Gasteiger partial charge in [-0.05, 0) is 42.5 Å². The Labute approximate surface area is 128 Å². The monoisotopic (exact) mass is 291 g/mol. The Kier molecular flexibility index (Phi) is 2.83. The average Bonchev–Trinajstić information content (AvgIpc) is 3.08. The van der Waals surface area contributed by atoms with Gasteiger partial charge < -0.3 is 10.1 Å². The maximum atomic E-state index is 11.7. The average molecular weight is 291 g/mol. The Balaban J connectivity index is 2.03. The summed E-state index contributed by atoms with van der Waals surface area (Å²) in [4.78, 5) is 14.9. The molecule has 1 atom stereocenters. The first-order chi connectivity index (χ1) is 10.7. The number of carboxylic acid groups (broad SMARTS) is 1. The highest BCUT2D eigenvalue weighted by Gasteiger charge is 2.30. The third-order valence-corrected chi connectivity index (χ3v) is 4.77. The zero-order chi connectivity index (χ0) is 15.3. The van der Waals surface area contributed by atoms with E-state index in [9.17, 15) is 9.90 Å². The van der Waals surface area contributed by atoms with Gasteiger partial charge in [-0.2, -0.15) is 0 Å². The van der Waals surface area contributed by atoms with E-state index < -0.39 is 5.97 Å². The topological polar surface area (TPSA) is 53.1 Å². The fourth-order valence-electron chi connectivity index (χ4n) is 3.83. The summed E-state index contributed by atoms with van der Waals surface area (Å²) in [5.41, 5.74) is 5.94. The number of carbonyl (C=O) groups is 1. The molecule has 0 radical (unpaired) electrons. The Hall–Kier alpha value is -2.55. The number of aromatic nitrogens is 1. The second-order valence-corrected chi connectivity index (χ2v) is 6.01.